The Morgan fingerprint density at radius 2 is 2.06 bits per heavy atom. The Hall–Kier alpha value is -0.480. The summed E-state index contributed by atoms with van der Waals surface area (Å²) in [6.07, 6.45) is 6.94. The smallest absolute Gasteiger partial charge is 0.410 e. The van der Waals surface area contributed by atoms with Crippen LogP contribution in [-0.4, -0.2) is 42.8 Å². The first-order valence-electron chi connectivity index (χ1n) is 6.86. The number of nitrogens with one attached hydrogen (secondary N) is 1. The van der Waals surface area contributed by atoms with Gasteiger partial charge in [0.05, 0.1) is 12.1 Å². The lowest BCUT2D eigenvalue weighted by atomic mass is 9.77. The predicted molar refractivity (Wildman–Crippen MR) is 74.3 cm³/mol. The number of carbonyl (C=O) groups is 1. The van der Waals surface area contributed by atoms with E-state index in [-0.39, 0.29) is 24.0 Å². The molecule has 1 spiro atoms. The van der Waals surface area contributed by atoms with Gasteiger partial charge in [0.2, 0.25) is 0 Å². The topological polar surface area (TPSA) is 41.6 Å². The molecule has 2 aliphatic rings. The Bertz CT molecular complexity index is 280. The molecular formula is C13H25ClN2O2. The molecule has 0 aromatic carbocycles. The first-order valence-corrected chi connectivity index (χ1v) is 6.86. The molecule has 5 heteroatoms. The third-order valence-corrected chi connectivity index (χ3v) is 4.38. The Balaban J connectivity index is 0.00000162. The number of nitrogens with zero attached hydrogens (tertiary/aromatic N) is 1. The van der Waals surface area contributed by atoms with Gasteiger partial charge in [-0.15, -0.1) is 12.4 Å². The number of carbonyl (C=O) groups excluding carboxylic acids is 1. The number of ether oxygens (including phenoxy) is 1. The van der Waals surface area contributed by atoms with Crippen LogP contribution in [0.1, 0.15) is 45.4 Å². The van der Waals surface area contributed by atoms with Crippen molar-refractivity contribution in [2.75, 3.05) is 20.2 Å². The molecule has 1 saturated carbocycles. The van der Waals surface area contributed by atoms with E-state index in [2.05, 4.69) is 5.32 Å². The average Bonchev–Trinajstić information content (AvgIpc) is 2.68. The van der Waals surface area contributed by atoms with E-state index in [1.54, 1.807) is 0 Å². The Morgan fingerprint density at radius 3 is 2.61 bits per heavy atom. The van der Waals surface area contributed by atoms with Crippen LogP contribution in [0, 0.1) is 0 Å². The Morgan fingerprint density at radius 1 is 1.39 bits per heavy atom. The minimum Gasteiger partial charge on any atom is -0.450 e. The van der Waals surface area contributed by atoms with Gasteiger partial charge in [0.25, 0.3) is 0 Å². The number of halogens is 1. The zero-order valence-corrected chi connectivity index (χ0v) is 12.2. The van der Waals surface area contributed by atoms with Gasteiger partial charge in [-0.1, -0.05) is 19.3 Å². The second-order valence-corrected chi connectivity index (χ2v) is 5.14. The van der Waals surface area contributed by atoms with Crippen molar-refractivity contribution in [3.05, 3.63) is 0 Å². The number of amides is 1. The molecule has 0 radical (unpaired) electrons. The zero-order valence-electron chi connectivity index (χ0n) is 11.4. The van der Waals surface area contributed by atoms with Gasteiger partial charge < -0.3 is 15.0 Å². The maximum Gasteiger partial charge on any atom is 0.410 e. The molecule has 2 fully saturated rings. The fourth-order valence-corrected chi connectivity index (χ4v) is 3.61. The van der Waals surface area contributed by atoms with E-state index in [4.69, 9.17) is 4.74 Å². The van der Waals surface area contributed by atoms with Crippen molar-refractivity contribution in [3.63, 3.8) is 0 Å². The van der Waals surface area contributed by atoms with Crippen molar-refractivity contribution in [3.8, 4) is 0 Å². The molecule has 1 unspecified atom stereocenters. The fourth-order valence-electron chi connectivity index (χ4n) is 3.61. The summed E-state index contributed by atoms with van der Waals surface area (Å²) < 4.78 is 5.21. The van der Waals surface area contributed by atoms with Gasteiger partial charge in [-0.25, -0.2) is 4.79 Å². The Labute approximate surface area is 116 Å². The van der Waals surface area contributed by atoms with Gasteiger partial charge in [0.1, 0.15) is 0 Å². The summed E-state index contributed by atoms with van der Waals surface area (Å²) in [5.41, 5.74) is 0.0270. The van der Waals surface area contributed by atoms with Gasteiger partial charge in [0.15, 0.2) is 0 Å². The lowest BCUT2D eigenvalue weighted by Gasteiger charge is -2.44. The highest BCUT2D eigenvalue weighted by atomic mass is 35.5. The monoisotopic (exact) mass is 276 g/mol. The molecule has 1 heterocycles. The highest BCUT2D eigenvalue weighted by Gasteiger charge is 2.50. The summed E-state index contributed by atoms with van der Waals surface area (Å²) in [5.74, 6) is 0. The molecule has 1 aliphatic heterocycles. The van der Waals surface area contributed by atoms with Crippen LogP contribution in [-0.2, 0) is 4.74 Å². The van der Waals surface area contributed by atoms with Crippen molar-refractivity contribution >= 4 is 18.5 Å². The maximum atomic E-state index is 12.1. The molecule has 1 atom stereocenters. The van der Waals surface area contributed by atoms with E-state index in [0.717, 1.165) is 25.8 Å². The van der Waals surface area contributed by atoms with Crippen LogP contribution in [0.15, 0.2) is 0 Å². The van der Waals surface area contributed by atoms with E-state index in [1.807, 2.05) is 18.9 Å². The molecule has 1 saturated heterocycles. The second kappa shape index (κ2) is 6.62. The minimum atomic E-state index is -0.118. The normalized spacial score (nSPS) is 25.9. The molecule has 0 aromatic heterocycles. The molecule has 4 nitrogen and oxygen atoms in total. The standard InChI is InChI=1S/C13H24N2O2.ClH/c1-3-17-12(16)15-10-7-11(14-2)13(15)8-5-4-6-9-13;/h11,14H,3-10H2,1-2H3;1H. The molecule has 1 aliphatic carbocycles. The largest absolute Gasteiger partial charge is 0.450 e. The van der Waals surface area contributed by atoms with Gasteiger partial charge in [-0.3, -0.25) is 0 Å². The number of hydrogen-bond donors (Lipinski definition) is 1. The number of hydrogen-bond acceptors (Lipinski definition) is 3. The molecule has 0 aromatic rings. The van der Waals surface area contributed by atoms with Crippen LogP contribution >= 0.6 is 12.4 Å². The lowest BCUT2D eigenvalue weighted by Crippen LogP contribution is -2.57. The predicted octanol–water partition coefficient (Wildman–Crippen LogP) is 2.56. The second-order valence-electron chi connectivity index (χ2n) is 5.14. The molecular weight excluding hydrogens is 252 g/mol. The highest BCUT2D eigenvalue weighted by Crippen LogP contribution is 2.42. The summed E-state index contributed by atoms with van der Waals surface area (Å²) >= 11 is 0. The highest BCUT2D eigenvalue weighted by molar-refractivity contribution is 5.85. The fraction of sp³-hybridized carbons (Fsp3) is 0.923. The van der Waals surface area contributed by atoms with Crippen LogP contribution in [0.25, 0.3) is 0 Å². The molecule has 0 bridgehead atoms. The summed E-state index contributed by atoms with van der Waals surface area (Å²) in [7, 11) is 2.01. The van der Waals surface area contributed by atoms with Crippen molar-refractivity contribution < 1.29 is 9.53 Å². The summed E-state index contributed by atoms with van der Waals surface area (Å²) in [6.45, 7) is 3.18. The van der Waals surface area contributed by atoms with Crippen LogP contribution in [0.4, 0.5) is 4.79 Å². The van der Waals surface area contributed by atoms with Crippen molar-refractivity contribution in [1.29, 1.82) is 0 Å². The van der Waals surface area contributed by atoms with Gasteiger partial charge in [0, 0.05) is 12.6 Å². The number of rotatable bonds is 2. The first-order chi connectivity index (χ1) is 8.24. The van der Waals surface area contributed by atoms with E-state index in [9.17, 15) is 4.79 Å². The number of likely N-dealkylation sites (N-methyl/N-ethyl adjacent to an activating group) is 1. The molecule has 18 heavy (non-hydrogen) atoms. The van der Waals surface area contributed by atoms with Crippen molar-refractivity contribution in [2.24, 2.45) is 0 Å². The first kappa shape index (κ1) is 15.6. The quantitative estimate of drug-likeness (QED) is 0.843. The van der Waals surface area contributed by atoms with Crippen LogP contribution < -0.4 is 5.32 Å². The van der Waals surface area contributed by atoms with Crippen molar-refractivity contribution in [1.82, 2.24) is 10.2 Å². The van der Waals surface area contributed by atoms with Gasteiger partial charge in [-0.2, -0.15) is 0 Å². The van der Waals surface area contributed by atoms with E-state index in [1.165, 1.54) is 19.3 Å². The van der Waals surface area contributed by atoms with Crippen LogP contribution in [0.5, 0.6) is 0 Å². The van der Waals surface area contributed by atoms with E-state index in [0.29, 0.717) is 12.6 Å². The average molecular weight is 277 g/mol. The van der Waals surface area contributed by atoms with Crippen LogP contribution in [0.2, 0.25) is 0 Å². The minimum absolute atomic E-state index is 0. The summed E-state index contributed by atoms with van der Waals surface area (Å²) in [4.78, 5) is 14.1. The van der Waals surface area contributed by atoms with E-state index < -0.39 is 0 Å². The lowest BCUT2D eigenvalue weighted by molar-refractivity contribution is 0.0468. The van der Waals surface area contributed by atoms with Gasteiger partial charge >= 0.3 is 6.09 Å². The third kappa shape index (κ3) is 2.59. The van der Waals surface area contributed by atoms with Crippen molar-refractivity contribution in [2.45, 2.75) is 57.0 Å². The zero-order chi connectivity index (χ0) is 12.3. The summed E-state index contributed by atoms with van der Waals surface area (Å²) in [5, 5.41) is 3.40. The summed E-state index contributed by atoms with van der Waals surface area (Å²) in [6, 6.07) is 0.437. The van der Waals surface area contributed by atoms with Gasteiger partial charge in [-0.05, 0) is 33.2 Å². The number of likely N-dealkylation sites (tertiary alicyclic amines) is 1. The SMILES string of the molecule is CCOC(=O)N1CCC(NC)C12CCCCC2.Cl. The maximum absolute atomic E-state index is 12.1. The third-order valence-electron chi connectivity index (χ3n) is 4.38. The Kier molecular flexibility index (Phi) is 5.73. The molecule has 1 N–H and O–H groups in total. The van der Waals surface area contributed by atoms with E-state index >= 15 is 0 Å². The molecule has 1 amide bonds. The molecule has 106 valence electrons. The molecule has 2 rings (SSSR count). The van der Waals surface area contributed by atoms with Crippen LogP contribution in [0.3, 0.4) is 0 Å².